The van der Waals surface area contributed by atoms with Crippen LogP contribution in [0.15, 0.2) is 23.3 Å². The molecule has 8 heteroatoms. The van der Waals surface area contributed by atoms with Crippen molar-refractivity contribution < 1.29 is 14.5 Å². The molecular weight excluding hydrogens is 274 g/mol. The van der Waals surface area contributed by atoms with Gasteiger partial charge < -0.3 is 4.74 Å². The van der Waals surface area contributed by atoms with Crippen LogP contribution < -0.4 is 5.43 Å². The second-order valence-corrected chi connectivity index (χ2v) is 3.86. The van der Waals surface area contributed by atoms with Gasteiger partial charge in [0.25, 0.3) is 5.69 Å². The number of rotatable bonds is 4. The molecule has 0 aliphatic rings. The molecule has 1 aromatic rings. The molecule has 102 valence electrons. The van der Waals surface area contributed by atoms with E-state index in [4.69, 9.17) is 11.6 Å². The number of ether oxygens (including phenoxy) is 1. The molecule has 0 radical (unpaired) electrons. The third-order valence-electron chi connectivity index (χ3n) is 2.15. The highest BCUT2D eigenvalue weighted by Gasteiger charge is 2.13. The number of nitrogens with zero attached hydrogens (tertiary/aromatic N) is 2. The van der Waals surface area contributed by atoms with E-state index in [0.717, 1.165) is 0 Å². The maximum atomic E-state index is 11.0. The minimum atomic E-state index is -0.690. The fourth-order valence-electron chi connectivity index (χ4n) is 1.24. The van der Waals surface area contributed by atoms with E-state index < -0.39 is 11.0 Å². The average Bonchev–Trinajstić information content (AvgIpc) is 2.36. The van der Waals surface area contributed by atoms with E-state index >= 15 is 0 Å². The van der Waals surface area contributed by atoms with Crippen LogP contribution in [0, 0.1) is 10.1 Å². The molecular formula is C11H12ClN3O4. The summed E-state index contributed by atoms with van der Waals surface area (Å²) in [6.07, 6.45) is -0.690. The molecule has 1 aromatic carbocycles. The Bertz CT molecular complexity index is 531. The van der Waals surface area contributed by atoms with E-state index in [9.17, 15) is 14.9 Å². The van der Waals surface area contributed by atoms with Gasteiger partial charge in [-0.25, -0.2) is 10.2 Å². The highest BCUT2D eigenvalue weighted by atomic mass is 35.5. The van der Waals surface area contributed by atoms with Crippen molar-refractivity contribution in [1.29, 1.82) is 0 Å². The lowest BCUT2D eigenvalue weighted by atomic mass is 10.1. The molecule has 0 heterocycles. The minimum absolute atomic E-state index is 0.0416. The fraction of sp³-hybridized carbons (Fsp3) is 0.273. The summed E-state index contributed by atoms with van der Waals surface area (Å²) in [5.74, 6) is 0. The highest BCUT2D eigenvalue weighted by Crippen LogP contribution is 2.25. The van der Waals surface area contributed by atoms with Crippen molar-refractivity contribution in [3.63, 3.8) is 0 Å². The zero-order valence-corrected chi connectivity index (χ0v) is 11.1. The average molecular weight is 286 g/mol. The minimum Gasteiger partial charge on any atom is -0.449 e. The Hall–Kier alpha value is -2.15. The molecule has 1 rings (SSSR count). The van der Waals surface area contributed by atoms with E-state index in [0.29, 0.717) is 11.3 Å². The van der Waals surface area contributed by atoms with Crippen molar-refractivity contribution in [3.05, 3.63) is 38.9 Å². The largest absolute Gasteiger partial charge is 0.449 e. The fourth-order valence-corrected chi connectivity index (χ4v) is 1.42. The molecule has 0 atom stereocenters. The number of hydrogen-bond acceptors (Lipinski definition) is 5. The Balaban J connectivity index is 2.91. The van der Waals surface area contributed by atoms with Crippen LogP contribution in [0.4, 0.5) is 10.5 Å². The van der Waals surface area contributed by atoms with Gasteiger partial charge in [0.05, 0.1) is 17.2 Å². The van der Waals surface area contributed by atoms with E-state index in [-0.39, 0.29) is 17.3 Å². The quantitative estimate of drug-likeness (QED) is 0.523. The molecule has 0 unspecified atom stereocenters. The molecule has 1 amide bonds. The molecule has 0 fully saturated rings. The van der Waals surface area contributed by atoms with Crippen molar-refractivity contribution in [2.75, 3.05) is 6.61 Å². The molecule has 0 saturated carbocycles. The molecule has 0 bridgehead atoms. The van der Waals surface area contributed by atoms with Crippen molar-refractivity contribution in [1.82, 2.24) is 5.43 Å². The van der Waals surface area contributed by atoms with E-state index in [2.05, 4.69) is 15.3 Å². The lowest BCUT2D eigenvalue weighted by molar-refractivity contribution is -0.384. The highest BCUT2D eigenvalue weighted by molar-refractivity contribution is 6.32. The number of carbonyl (C=O) groups excluding carboxylic acids is 1. The zero-order chi connectivity index (χ0) is 14.4. The van der Waals surface area contributed by atoms with Gasteiger partial charge >= 0.3 is 6.09 Å². The summed E-state index contributed by atoms with van der Waals surface area (Å²) in [4.78, 5) is 21.2. The molecule has 19 heavy (non-hydrogen) atoms. The standard InChI is InChI=1S/C11H12ClN3O4/c1-3-19-11(16)14-13-7(2)8-4-5-9(12)10(6-8)15(17)18/h4-6H,3H2,1-2H3,(H,14,16)/b13-7-. The first kappa shape index (κ1) is 14.9. The normalized spacial score (nSPS) is 11.0. The summed E-state index contributed by atoms with van der Waals surface area (Å²) < 4.78 is 4.62. The summed E-state index contributed by atoms with van der Waals surface area (Å²) in [6, 6.07) is 4.26. The van der Waals surface area contributed by atoms with Crippen molar-refractivity contribution >= 4 is 29.1 Å². The number of amides is 1. The Morgan fingerprint density at radius 2 is 2.26 bits per heavy atom. The number of benzene rings is 1. The Morgan fingerprint density at radius 1 is 1.58 bits per heavy atom. The van der Waals surface area contributed by atoms with Crippen LogP contribution >= 0.6 is 11.6 Å². The number of halogens is 1. The van der Waals surface area contributed by atoms with Crippen LogP contribution in [-0.2, 0) is 4.74 Å². The zero-order valence-electron chi connectivity index (χ0n) is 10.3. The molecule has 7 nitrogen and oxygen atoms in total. The number of hydrogen-bond donors (Lipinski definition) is 1. The second-order valence-electron chi connectivity index (χ2n) is 3.45. The number of nitrogens with one attached hydrogen (secondary N) is 1. The summed E-state index contributed by atoms with van der Waals surface area (Å²) >= 11 is 5.69. The van der Waals surface area contributed by atoms with Gasteiger partial charge in [-0.1, -0.05) is 17.7 Å². The van der Waals surface area contributed by atoms with Crippen LogP contribution in [0.25, 0.3) is 0 Å². The maximum Gasteiger partial charge on any atom is 0.427 e. The lowest BCUT2D eigenvalue weighted by Crippen LogP contribution is -2.20. The smallest absolute Gasteiger partial charge is 0.427 e. The number of nitro benzene ring substituents is 1. The van der Waals surface area contributed by atoms with Crippen LogP contribution in [0.3, 0.4) is 0 Å². The van der Waals surface area contributed by atoms with Crippen molar-refractivity contribution in [2.24, 2.45) is 5.10 Å². The summed E-state index contributed by atoms with van der Waals surface area (Å²) in [7, 11) is 0. The molecule has 0 aliphatic carbocycles. The third-order valence-corrected chi connectivity index (χ3v) is 2.47. The predicted molar refractivity (Wildman–Crippen MR) is 70.5 cm³/mol. The molecule has 0 spiro atoms. The van der Waals surface area contributed by atoms with Gasteiger partial charge in [-0.2, -0.15) is 5.10 Å². The number of nitro groups is 1. The first-order valence-corrected chi connectivity index (χ1v) is 5.74. The summed E-state index contributed by atoms with van der Waals surface area (Å²) in [5.41, 5.74) is 2.83. The molecule has 0 aromatic heterocycles. The first-order chi connectivity index (χ1) is 8.95. The van der Waals surface area contributed by atoms with Gasteiger partial charge in [-0.15, -0.1) is 0 Å². The van der Waals surface area contributed by atoms with Crippen LogP contribution in [0.1, 0.15) is 19.4 Å². The van der Waals surface area contributed by atoms with Gasteiger partial charge in [0.15, 0.2) is 0 Å². The maximum absolute atomic E-state index is 11.0. The topological polar surface area (TPSA) is 93.8 Å². The van der Waals surface area contributed by atoms with Gasteiger partial charge in [-0.05, 0) is 19.9 Å². The lowest BCUT2D eigenvalue weighted by Gasteiger charge is -2.03. The van der Waals surface area contributed by atoms with E-state index in [1.54, 1.807) is 19.9 Å². The van der Waals surface area contributed by atoms with Gasteiger partial charge in [0.2, 0.25) is 0 Å². The van der Waals surface area contributed by atoms with Crippen molar-refractivity contribution in [3.8, 4) is 0 Å². The molecule has 0 saturated heterocycles. The van der Waals surface area contributed by atoms with Gasteiger partial charge in [0, 0.05) is 11.6 Å². The Kier molecular flexibility index (Phi) is 5.25. The van der Waals surface area contributed by atoms with Crippen LogP contribution in [-0.4, -0.2) is 23.3 Å². The van der Waals surface area contributed by atoms with Gasteiger partial charge in [0.1, 0.15) is 5.02 Å². The van der Waals surface area contributed by atoms with E-state index in [1.165, 1.54) is 12.1 Å². The van der Waals surface area contributed by atoms with Crippen molar-refractivity contribution in [2.45, 2.75) is 13.8 Å². The molecule has 1 N–H and O–H groups in total. The Morgan fingerprint density at radius 3 is 2.84 bits per heavy atom. The molecule has 0 aliphatic heterocycles. The second kappa shape index (κ2) is 6.69. The van der Waals surface area contributed by atoms with Crippen LogP contribution in [0.2, 0.25) is 5.02 Å². The predicted octanol–water partition coefficient (Wildman–Crippen LogP) is 2.72. The van der Waals surface area contributed by atoms with Gasteiger partial charge in [-0.3, -0.25) is 10.1 Å². The third kappa shape index (κ3) is 4.22. The monoisotopic (exact) mass is 285 g/mol. The van der Waals surface area contributed by atoms with E-state index in [1.807, 2.05) is 0 Å². The number of carbonyl (C=O) groups is 1. The van der Waals surface area contributed by atoms with Crippen LogP contribution in [0.5, 0.6) is 0 Å². The summed E-state index contributed by atoms with van der Waals surface area (Å²) in [5, 5.41) is 14.6. The summed E-state index contributed by atoms with van der Waals surface area (Å²) in [6.45, 7) is 3.49. The Labute approximate surface area is 114 Å². The number of hydrazone groups is 1. The first-order valence-electron chi connectivity index (χ1n) is 5.37. The SMILES string of the molecule is CCOC(=O)N/N=C(/C)c1ccc(Cl)c([N+](=O)[O-])c1.